The number of carbonyl (C=O) groups is 2. The Bertz CT molecular complexity index is 1580. The van der Waals surface area contributed by atoms with Gasteiger partial charge in [-0.1, -0.05) is 18.2 Å². The van der Waals surface area contributed by atoms with Crippen molar-refractivity contribution in [3.63, 3.8) is 0 Å². The summed E-state index contributed by atoms with van der Waals surface area (Å²) in [5.41, 5.74) is 0.671. The fourth-order valence-electron chi connectivity index (χ4n) is 4.60. The third-order valence-electron chi connectivity index (χ3n) is 6.91. The zero-order valence-electron chi connectivity index (χ0n) is 22.9. The standard InChI is InChI=1S/C28H30N4O8S2/c1-21-8-9-26(29-20-21)32(27(33)22-4-2-6-24(18-22)41(35,36)30-10-14-39-15-11-30)28(34)23-5-3-7-25(19-23)42(37,38)31-12-16-40-17-13-31/h2-9,18-20H,10-17H2,1H3. The van der Waals surface area contributed by atoms with Crippen LogP contribution in [0.2, 0.25) is 0 Å². The average molecular weight is 615 g/mol. The third-order valence-corrected chi connectivity index (χ3v) is 10.7. The van der Waals surface area contributed by atoms with Crippen molar-refractivity contribution in [1.29, 1.82) is 0 Å². The molecule has 0 aliphatic carbocycles. The highest BCUT2D eigenvalue weighted by Crippen LogP contribution is 2.24. The van der Waals surface area contributed by atoms with Crippen LogP contribution in [-0.2, 0) is 29.5 Å². The molecule has 14 heteroatoms. The van der Waals surface area contributed by atoms with Gasteiger partial charge in [-0.15, -0.1) is 0 Å². The van der Waals surface area contributed by atoms with E-state index < -0.39 is 31.9 Å². The van der Waals surface area contributed by atoms with Crippen LogP contribution in [0.5, 0.6) is 0 Å². The van der Waals surface area contributed by atoms with Crippen LogP contribution in [0.1, 0.15) is 26.3 Å². The van der Waals surface area contributed by atoms with Crippen molar-refractivity contribution >= 4 is 37.7 Å². The van der Waals surface area contributed by atoms with Crippen molar-refractivity contribution < 1.29 is 35.9 Å². The number of aromatic nitrogens is 1. The average Bonchev–Trinajstić information content (AvgIpc) is 3.03. The lowest BCUT2D eigenvalue weighted by Gasteiger charge is -2.26. The molecule has 2 fully saturated rings. The van der Waals surface area contributed by atoms with Crippen molar-refractivity contribution in [3.8, 4) is 0 Å². The summed E-state index contributed by atoms with van der Waals surface area (Å²) in [6.45, 7) is 3.58. The number of nitrogens with zero attached hydrogens (tertiary/aromatic N) is 4. The van der Waals surface area contributed by atoms with Crippen molar-refractivity contribution in [2.75, 3.05) is 57.5 Å². The molecule has 12 nitrogen and oxygen atoms in total. The SMILES string of the molecule is Cc1ccc(N(C(=O)c2cccc(S(=O)(=O)N3CCOCC3)c2)C(=O)c2cccc(S(=O)(=O)N3CCOCC3)c2)nc1. The van der Waals surface area contributed by atoms with E-state index >= 15 is 0 Å². The first-order valence-electron chi connectivity index (χ1n) is 13.3. The molecule has 0 spiro atoms. The monoisotopic (exact) mass is 614 g/mol. The zero-order chi connectivity index (χ0) is 29.9. The second-order valence-electron chi connectivity index (χ2n) is 9.73. The van der Waals surface area contributed by atoms with Gasteiger partial charge >= 0.3 is 0 Å². The largest absolute Gasteiger partial charge is 0.379 e. The molecule has 2 aromatic carbocycles. The van der Waals surface area contributed by atoms with E-state index in [9.17, 15) is 26.4 Å². The van der Waals surface area contributed by atoms with Gasteiger partial charge in [0.15, 0.2) is 0 Å². The number of rotatable bonds is 7. The fourth-order valence-corrected chi connectivity index (χ4v) is 7.51. The van der Waals surface area contributed by atoms with Gasteiger partial charge in [-0.2, -0.15) is 8.61 Å². The Labute approximate surface area is 244 Å². The lowest BCUT2D eigenvalue weighted by molar-refractivity contribution is 0.0730. The topological polar surface area (TPSA) is 143 Å². The molecule has 2 aliphatic heterocycles. The number of hydrogen-bond acceptors (Lipinski definition) is 9. The van der Waals surface area contributed by atoms with E-state index in [1.807, 2.05) is 0 Å². The molecule has 1 aromatic heterocycles. The first kappa shape index (κ1) is 29.9. The Morgan fingerprint density at radius 3 is 1.57 bits per heavy atom. The van der Waals surface area contributed by atoms with Gasteiger partial charge in [0.25, 0.3) is 11.8 Å². The molecule has 0 atom stereocenters. The Morgan fingerprint density at radius 2 is 1.17 bits per heavy atom. The van der Waals surface area contributed by atoms with Crippen LogP contribution >= 0.6 is 0 Å². The molecular formula is C28H30N4O8S2. The van der Waals surface area contributed by atoms with Gasteiger partial charge in [0.05, 0.1) is 36.2 Å². The molecule has 0 radical (unpaired) electrons. The van der Waals surface area contributed by atoms with Crippen LogP contribution in [0.25, 0.3) is 0 Å². The highest BCUT2D eigenvalue weighted by molar-refractivity contribution is 7.89. The Morgan fingerprint density at radius 1 is 0.714 bits per heavy atom. The lowest BCUT2D eigenvalue weighted by atomic mass is 10.1. The summed E-state index contributed by atoms with van der Waals surface area (Å²) in [5, 5.41) is 0. The summed E-state index contributed by atoms with van der Waals surface area (Å²) >= 11 is 0. The van der Waals surface area contributed by atoms with Gasteiger partial charge in [0.2, 0.25) is 20.0 Å². The zero-order valence-corrected chi connectivity index (χ0v) is 24.5. The smallest absolute Gasteiger partial charge is 0.266 e. The molecule has 3 heterocycles. The van der Waals surface area contributed by atoms with E-state index in [2.05, 4.69) is 4.98 Å². The van der Waals surface area contributed by atoms with Gasteiger partial charge in [0, 0.05) is 43.5 Å². The number of carbonyl (C=O) groups excluding carboxylic acids is 2. The number of hydrogen-bond donors (Lipinski definition) is 0. The lowest BCUT2D eigenvalue weighted by Crippen LogP contribution is -2.41. The predicted molar refractivity (Wildman–Crippen MR) is 152 cm³/mol. The molecular weight excluding hydrogens is 584 g/mol. The molecule has 0 saturated carbocycles. The number of benzene rings is 2. The van der Waals surface area contributed by atoms with Crippen molar-refractivity contribution in [1.82, 2.24) is 13.6 Å². The van der Waals surface area contributed by atoms with E-state index in [0.717, 1.165) is 10.5 Å². The second kappa shape index (κ2) is 12.4. The van der Waals surface area contributed by atoms with Crippen LogP contribution in [0.3, 0.4) is 0 Å². The Balaban J connectivity index is 1.51. The van der Waals surface area contributed by atoms with Crippen LogP contribution < -0.4 is 4.90 Å². The highest BCUT2D eigenvalue weighted by Gasteiger charge is 2.32. The number of ether oxygens (including phenoxy) is 2. The molecule has 0 bridgehead atoms. The fraction of sp³-hybridized carbons (Fsp3) is 0.321. The minimum absolute atomic E-state index is 0.00141. The number of amides is 2. The summed E-state index contributed by atoms with van der Waals surface area (Å²) in [6, 6.07) is 14.1. The van der Waals surface area contributed by atoms with E-state index in [4.69, 9.17) is 9.47 Å². The number of anilines is 1. The number of aryl methyl sites for hydroxylation is 1. The van der Waals surface area contributed by atoms with Gasteiger partial charge in [-0.05, 0) is 55.0 Å². The summed E-state index contributed by atoms with van der Waals surface area (Å²) in [7, 11) is -7.83. The molecule has 2 saturated heterocycles. The second-order valence-corrected chi connectivity index (χ2v) is 13.6. The Kier molecular flexibility index (Phi) is 8.82. The predicted octanol–water partition coefficient (Wildman–Crippen LogP) is 1.92. The summed E-state index contributed by atoms with van der Waals surface area (Å²) in [6.07, 6.45) is 1.49. The number of morpholine rings is 2. The van der Waals surface area contributed by atoms with Crippen molar-refractivity contribution in [3.05, 3.63) is 83.6 Å². The van der Waals surface area contributed by atoms with Gasteiger partial charge in [-0.25, -0.2) is 26.7 Å². The minimum Gasteiger partial charge on any atom is -0.379 e. The van der Waals surface area contributed by atoms with Crippen molar-refractivity contribution in [2.45, 2.75) is 16.7 Å². The van der Waals surface area contributed by atoms with Crippen molar-refractivity contribution in [2.24, 2.45) is 0 Å². The normalized spacial score (nSPS) is 17.1. The Hall–Kier alpha value is -3.53. The molecule has 42 heavy (non-hydrogen) atoms. The van der Waals surface area contributed by atoms with Gasteiger partial charge in [-0.3, -0.25) is 9.59 Å². The molecule has 222 valence electrons. The first-order chi connectivity index (χ1) is 20.1. The van der Waals surface area contributed by atoms with E-state index in [1.165, 1.54) is 69.4 Å². The molecule has 0 unspecified atom stereocenters. The van der Waals surface area contributed by atoms with Crippen LogP contribution in [0.15, 0.2) is 76.7 Å². The van der Waals surface area contributed by atoms with Crippen LogP contribution in [0, 0.1) is 6.92 Å². The molecule has 2 amide bonds. The van der Waals surface area contributed by atoms with Crippen LogP contribution in [-0.4, -0.2) is 94.9 Å². The summed E-state index contributed by atoms with van der Waals surface area (Å²) in [5.74, 6) is -1.65. The van der Waals surface area contributed by atoms with Crippen LogP contribution in [0.4, 0.5) is 5.82 Å². The van der Waals surface area contributed by atoms with E-state index in [0.29, 0.717) is 0 Å². The minimum atomic E-state index is -3.92. The molecule has 2 aliphatic rings. The molecule has 0 N–H and O–H groups in total. The molecule has 5 rings (SSSR count). The number of pyridine rings is 1. The van der Waals surface area contributed by atoms with E-state index in [1.54, 1.807) is 13.0 Å². The van der Waals surface area contributed by atoms with E-state index in [-0.39, 0.29) is 79.3 Å². The highest BCUT2D eigenvalue weighted by atomic mass is 32.2. The van der Waals surface area contributed by atoms with Gasteiger partial charge < -0.3 is 9.47 Å². The third kappa shape index (κ3) is 6.14. The number of imide groups is 1. The maximum Gasteiger partial charge on any atom is 0.266 e. The first-order valence-corrected chi connectivity index (χ1v) is 16.1. The summed E-state index contributed by atoms with van der Waals surface area (Å²) < 4.78 is 66.1. The maximum atomic E-state index is 13.9. The molecule has 3 aromatic rings. The van der Waals surface area contributed by atoms with Gasteiger partial charge in [0.1, 0.15) is 5.82 Å². The summed E-state index contributed by atoms with van der Waals surface area (Å²) in [4.78, 5) is 32.7. The maximum absolute atomic E-state index is 13.9. The number of sulfonamides is 2. The quantitative estimate of drug-likeness (QED) is 0.365.